The zero-order valence-electron chi connectivity index (χ0n) is 20.4. The van der Waals surface area contributed by atoms with Crippen molar-refractivity contribution in [3.8, 4) is 11.3 Å². The number of fused-ring (bicyclic) bond motifs is 2. The van der Waals surface area contributed by atoms with E-state index in [0.29, 0.717) is 12.0 Å². The highest BCUT2D eigenvalue weighted by atomic mass is 15.4. The van der Waals surface area contributed by atoms with Crippen LogP contribution in [0.2, 0.25) is 0 Å². The first kappa shape index (κ1) is 20.5. The molecule has 2 aromatic carbocycles. The molecular weight excluding hydrogens is 448 g/mol. The third kappa shape index (κ3) is 3.51. The fourth-order valence-electron chi connectivity index (χ4n) is 6.33. The molecule has 8 heteroatoms. The molecule has 0 amide bonds. The number of aromatic amines is 2. The Morgan fingerprint density at radius 3 is 2.72 bits per heavy atom. The predicted octanol–water partition coefficient (Wildman–Crippen LogP) is 4.55. The van der Waals surface area contributed by atoms with Crippen LogP contribution in [0.5, 0.6) is 0 Å². The van der Waals surface area contributed by atoms with Crippen molar-refractivity contribution in [3.63, 3.8) is 0 Å². The van der Waals surface area contributed by atoms with Gasteiger partial charge in [0, 0.05) is 54.0 Å². The molecule has 8 nitrogen and oxygen atoms in total. The maximum atomic E-state index is 4.52. The second kappa shape index (κ2) is 7.67. The molecule has 2 N–H and O–H groups in total. The van der Waals surface area contributed by atoms with Gasteiger partial charge in [0.2, 0.25) is 0 Å². The molecule has 0 bridgehead atoms. The third-order valence-corrected chi connectivity index (χ3v) is 8.58. The highest BCUT2D eigenvalue weighted by molar-refractivity contribution is 5.96. The summed E-state index contributed by atoms with van der Waals surface area (Å²) in [5.41, 5.74) is 8.58. The Labute approximate surface area is 209 Å². The number of nitrogens with zero attached hydrogens (tertiary/aromatic N) is 6. The van der Waals surface area contributed by atoms with Gasteiger partial charge in [-0.1, -0.05) is 23.8 Å². The van der Waals surface area contributed by atoms with Crippen LogP contribution in [0.1, 0.15) is 36.9 Å². The second-order valence-corrected chi connectivity index (χ2v) is 11.1. The summed E-state index contributed by atoms with van der Waals surface area (Å²) >= 11 is 0. The van der Waals surface area contributed by atoms with E-state index in [0.717, 1.165) is 41.8 Å². The lowest BCUT2D eigenvalue weighted by atomic mass is 9.68. The normalized spacial score (nSPS) is 19.1. The number of aromatic nitrogens is 6. The first-order valence-corrected chi connectivity index (χ1v) is 13.2. The summed E-state index contributed by atoms with van der Waals surface area (Å²) < 4.78 is 1.93. The molecule has 0 unspecified atom stereocenters. The van der Waals surface area contributed by atoms with Gasteiger partial charge in [-0.2, -0.15) is 5.10 Å². The summed E-state index contributed by atoms with van der Waals surface area (Å²) in [4.78, 5) is 8.65. The highest BCUT2D eigenvalue weighted by Crippen LogP contribution is 2.48. The Kier molecular flexibility index (Phi) is 4.38. The molecule has 3 aromatic heterocycles. The molecular formula is C28H30N8. The highest BCUT2D eigenvalue weighted by Gasteiger charge is 2.42. The monoisotopic (exact) mass is 478 g/mol. The van der Waals surface area contributed by atoms with Gasteiger partial charge in [0.25, 0.3) is 0 Å². The zero-order valence-corrected chi connectivity index (χ0v) is 20.4. The topological polar surface area (TPSA) is 81.4 Å². The minimum atomic E-state index is 0.649. The number of nitrogens with one attached hydrogen (secondary N) is 2. The van der Waals surface area contributed by atoms with E-state index in [1.54, 1.807) is 0 Å². The summed E-state index contributed by atoms with van der Waals surface area (Å²) in [5, 5.41) is 18.7. The number of likely N-dealkylation sites (tertiary alicyclic amines) is 1. The van der Waals surface area contributed by atoms with Crippen LogP contribution in [0.3, 0.4) is 0 Å². The van der Waals surface area contributed by atoms with Gasteiger partial charge in [-0.05, 0) is 66.4 Å². The molecule has 1 spiro atoms. The fourth-order valence-corrected chi connectivity index (χ4v) is 6.33. The quantitative estimate of drug-likeness (QED) is 0.350. The number of hydrogen-bond acceptors (Lipinski definition) is 5. The van der Waals surface area contributed by atoms with Gasteiger partial charge in [-0.25, -0.2) is 4.68 Å². The lowest BCUT2D eigenvalue weighted by molar-refractivity contribution is 0.137. The van der Waals surface area contributed by atoms with E-state index in [-0.39, 0.29) is 0 Å². The van der Waals surface area contributed by atoms with Gasteiger partial charge in [-0.3, -0.25) is 10.00 Å². The summed E-state index contributed by atoms with van der Waals surface area (Å²) in [5.74, 6) is 0. The molecule has 0 radical (unpaired) electrons. The molecule has 2 saturated heterocycles. The Balaban J connectivity index is 1.02. The second-order valence-electron chi connectivity index (χ2n) is 11.1. The standard InChI is InChI=1S/C28H30N8/c1-4-28(5-1)6-7-34(18-28)16-21-11-20-3-2-19(10-25(20)30-21)15-36-17-27(32-33-36)23-12-22(35-8-9-35)13-26-24(23)14-29-31-26/h2-3,10-14,17,30H,1,4-9,15-16,18H2,(H,29,31). The van der Waals surface area contributed by atoms with Crippen LogP contribution in [0, 0.1) is 5.41 Å². The maximum Gasteiger partial charge on any atom is 0.113 e. The molecule has 0 atom stereocenters. The van der Waals surface area contributed by atoms with Crippen molar-refractivity contribution in [1.29, 1.82) is 0 Å². The molecule has 36 heavy (non-hydrogen) atoms. The Hall–Kier alpha value is -3.65. The molecule has 5 aromatic rings. The van der Waals surface area contributed by atoms with Crippen LogP contribution in [0.25, 0.3) is 33.1 Å². The average molecular weight is 479 g/mol. The van der Waals surface area contributed by atoms with Gasteiger partial charge in [0.05, 0.1) is 24.5 Å². The molecule has 2 aliphatic heterocycles. The van der Waals surface area contributed by atoms with Gasteiger partial charge in [-0.15, -0.1) is 5.10 Å². The molecule has 182 valence electrons. The Morgan fingerprint density at radius 2 is 1.89 bits per heavy atom. The van der Waals surface area contributed by atoms with Crippen molar-refractivity contribution in [3.05, 3.63) is 60.0 Å². The van der Waals surface area contributed by atoms with Crippen LogP contribution >= 0.6 is 0 Å². The summed E-state index contributed by atoms with van der Waals surface area (Å²) in [6, 6.07) is 13.4. The SMILES string of the molecule is c1cc2cc(CN3CCC4(CCC4)C3)[nH]c2cc1Cn1cc(-c2cc(N3CC3)cc3[nH]ncc23)nn1. The van der Waals surface area contributed by atoms with Gasteiger partial charge < -0.3 is 9.88 Å². The molecule has 8 rings (SSSR count). The van der Waals surface area contributed by atoms with Crippen molar-refractivity contribution in [2.24, 2.45) is 5.41 Å². The van der Waals surface area contributed by atoms with Crippen molar-refractivity contribution < 1.29 is 0 Å². The fraction of sp³-hybridized carbons (Fsp3) is 0.393. The van der Waals surface area contributed by atoms with E-state index >= 15 is 0 Å². The Bertz CT molecular complexity index is 1580. The smallest absolute Gasteiger partial charge is 0.113 e. The minimum absolute atomic E-state index is 0.649. The first-order valence-electron chi connectivity index (χ1n) is 13.2. The molecule has 3 aliphatic rings. The van der Waals surface area contributed by atoms with Crippen molar-refractivity contribution >= 4 is 27.5 Å². The van der Waals surface area contributed by atoms with E-state index in [2.05, 4.69) is 71.7 Å². The number of rotatable bonds is 6. The van der Waals surface area contributed by atoms with E-state index < -0.39 is 0 Å². The lowest BCUT2D eigenvalue weighted by Crippen LogP contribution is -2.32. The maximum absolute atomic E-state index is 4.52. The Morgan fingerprint density at radius 1 is 0.944 bits per heavy atom. The summed E-state index contributed by atoms with van der Waals surface area (Å²) in [7, 11) is 0. The van der Waals surface area contributed by atoms with E-state index in [9.17, 15) is 0 Å². The van der Waals surface area contributed by atoms with Crippen LogP contribution in [0.15, 0.2) is 48.8 Å². The predicted molar refractivity (Wildman–Crippen MR) is 141 cm³/mol. The van der Waals surface area contributed by atoms with Gasteiger partial charge in [0.1, 0.15) is 5.69 Å². The molecule has 1 aliphatic carbocycles. The molecule has 3 fully saturated rings. The van der Waals surface area contributed by atoms with Gasteiger partial charge >= 0.3 is 0 Å². The largest absolute Gasteiger partial charge is 0.368 e. The van der Waals surface area contributed by atoms with Crippen molar-refractivity contribution in [1.82, 2.24) is 35.1 Å². The first-order chi connectivity index (χ1) is 17.7. The number of H-pyrrole nitrogens is 2. The molecule has 1 saturated carbocycles. The van der Waals surface area contributed by atoms with Crippen LogP contribution in [0.4, 0.5) is 5.69 Å². The lowest BCUT2D eigenvalue weighted by Gasteiger charge is -2.38. The molecule has 5 heterocycles. The minimum Gasteiger partial charge on any atom is -0.368 e. The van der Waals surface area contributed by atoms with Crippen LogP contribution in [-0.2, 0) is 13.1 Å². The summed E-state index contributed by atoms with van der Waals surface area (Å²) in [6.45, 7) is 6.43. The number of anilines is 1. The third-order valence-electron chi connectivity index (χ3n) is 8.58. The zero-order chi connectivity index (χ0) is 23.7. The number of hydrogen-bond donors (Lipinski definition) is 2. The van der Waals surface area contributed by atoms with Crippen molar-refractivity contribution in [2.75, 3.05) is 31.1 Å². The average Bonchev–Trinajstić information content (AvgIpc) is 3.24. The van der Waals surface area contributed by atoms with E-state index in [4.69, 9.17) is 0 Å². The van der Waals surface area contributed by atoms with E-state index in [1.807, 2.05) is 17.1 Å². The van der Waals surface area contributed by atoms with Crippen molar-refractivity contribution in [2.45, 2.75) is 38.8 Å². The summed E-state index contributed by atoms with van der Waals surface area (Å²) in [6.07, 6.45) is 9.59. The van der Waals surface area contributed by atoms with Crippen LogP contribution in [-0.4, -0.2) is 61.3 Å². The van der Waals surface area contributed by atoms with Crippen LogP contribution < -0.4 is 4.90 Å². The van der Waals surface area contributed by atoms with Gasteiger partial charge in [0.15, 0.2) is 0 Å². The number of benzene rings is 2. The van der Waals surface area contributed by atoms with E-state index in [1.165, 1.54) is 66.6 Å².